The van der Waals surface area contributed by atoms with Gasteiger partial charge in [0.2, 0.25) is 0 Å². The Balaban J connectivity index is 2.14. The van der Waals surface area contributed by atoms with E-state index in [4.69, 9.17) is 0 Å². The molecule has 0 aromatic heterocycles. The number of fused-ring (bicyclic) bond motifs is 1. The third kappa shape index (κ3) is 2.98. The summed E-state index contributed by atoms with van der Waals surface area (Å²) in [7, 11) is 0. The maximum Gasteiger partial charge on any atom is -0.0228 e. The average Bonchev–Trinajstić information content (AvgIpc) is 2.23. The van der Waals surface area contributed by atoms with Crippen LogP contribution in [0.4, 0.5) is 0 Å². The fourth-order valence-electron chi connectivity index (χ4n) is 2.62. The summed E-state index contributed by atoms with van der Waals surface area (Å²) < 4.78 is 0. The van der Waals surface area contributed by atoms with Crippen molar-refractivity contribution in [3.8, 4) is 0 Å². The van der Waals surface area contributed by atoms with E-state index in [2.05, 4.69) is 50.3 Å². The standard InChI is InChI=1S/C16H22/c1-13(2)12-14-6-5-9-15-7-3-4-8-16(15)11-10-14/h3-4,7-8,10-11,13-14H,5-6,9,12H2,1-2H3/b11-10-. The Hall–Kier alpha value is -1.04. The van der Waals surface area contributed by atoms with Crippen molar-refractivity contribution < 1.29 is 0 Å². The Kier molecular flexibility index (Phi) is 3.82. The van der Waals surface area contributed by atoms with Gasteiger partial charge in [0.15, 0.2) is 0 Å². The van der Waals surface area contributed by atoms with Gasteiger partial charge in [-0.1, -0.05) is 50.3 Å². The lowest BCUT2D eigenvalue weighted by molar-refractivity contribution is 0.441. The van der Waals surface area contributed by atoms with Crippen LogP contribution in [0.3, 0.4) is 0 Å². The largest absolute Gasteiger partial charge is 0.0808 e. The lowest BCUT2D eigenvalue weighted by Crippen LogP contribution is -2.05. The van der Waals surface area contributed by atoms with Gasteiger partial charge in [0.25, 0.3) is 0 Å². The third-order valence-corrected chi connectivity index (χ3v) is 3.40. The van der Waals surface area contributed by atoms with Crippen LogP contribution in [-0.4, -0.2) is 0 Å². The molecule has 1 aliphatic rings. The summed E-state index contributed by atoms with van der Waals surface area (Å²) in [6.07, 6.45) is 10.0. The predicted octanol–water partition coefficient (Wildman–Crippen LogP) is 4.70. The third-order valence-electron chi connectivity index (χ3n) is 3.40. The van der Waals surface area contributed by atoms with E-state index in [1.807, 2.05) is 0 Å². The molecule has 1 aromatic rings. The molecule has 0 spiro atoms. The average molecular weight is 214 g/mol. The highest BCUT2D eigenvalue weighted by Gasteiger charge is 2.10. The number of hydrogen-bond acceptors (Lipinski definition) is 0. The molecule has 0 saturated heterocycles. The van der Waals surface area contributed by atoms with Crippen molar-refractivity contribution in [1.82, 2.24) is 0 Å². The van der Waals surface area contributed by atoms with Crippen molar-refractivity contribution in [1.29, 1.82) is 0 Å². The van der Waals surface area contributed by atoms with Crippen molar-refractivity contribution in [2.45, 2.75) is 39.5 Å². The van der Waals surface area contributed by atoms with Gasteiger partial charge in [-0.25, -0.2) is 0 Å². The van der Waals surface area contributed by atoms with Crippen molar-refractivity contribution in [2.24, 2.45) is 11.8 Å². The fraction of sp³-hybridized carbons (Fsp3) is 0.500. The van der Waals surface area contributed by atoms with E-state index < -0.39 is 0 Å². The molecule has 0 nitrogen and oxygen atoms in total. The number of aryl methyl sites for hydroxylation is 1. The molecule has 0 N–H and O–H groups in total. The van der Waals surface area contributed by atoms with E-state index in [1.54, 1.807) is 0 Å². The van der Waals surface area contributed by atoms with E-state index >= 15 is 0 Å². The van der Waals surface area contributed by atoms with Crippen molar-refractivity contribution >= 4 is 6.08 Å². The van der Waals surface area contributed by atoms with Crippen LogP contribution in [0.1, 0.15) is 44.2 Å². The summed E-state index contributed by atoms with van der Waals surface area (Å²) in [5.74, 6) is 1.60. The van der Waals surface area contributed by atoms with Gasteiger partial charge >= 0.3 is 0 Å². The monoisotopic (exact) mass is 214 g/mol. The summed E-state index contributed by atoms with van der Waals surface area (Å²) in [5, 5.41) is 0. The molecule has 1 atom stereocenters. The molecule has 86 valence electrons. The van der Waals surface area contributed by atoms with E-state index in [0.29, 0.717) is 0 Å². The molecule has 2 rings (SSSR count). The second-order valence-electron chi connectivity index (χ2n) is 5.34. The molecule has 16 heavy (non-hydrogen) atoms. The molecule has 0 heterocycles. The molecule has 1 aromatic carbocycles. The lowest BCUT2D eigenvalue weighted by atomic mass is 9.87. The van der Waals surface area contributed by atoms with Gasteiger partial charge in [0.05, 0.1) is 0 Å². The summed E-state index contributed by atoms with van der Waals surface area (Å²) in [5.41, 5.74) is 2.94. The summed E-state index contributed by atoms with van der Waals surface area (Å²) >= 11 is 0. The second-order valence-corrected chi connectivity index (χ2v) is 5.34. The van der Waals surface area contributed by atoms with Gasteiger partial charge in [0.1, 0.15) is 0 Å². The van der Waals surface area contributed by atoms with Gasteiger partial charge in [0, 0.05) is 0 Å². The van der Waals surface area contributed by atoms with Crippen LogP contribution in [0.5, 0.6) is 0 Å². The van der Waals surface area contributed by atoms with Crippen LogP contribution >= 0.6 is 0 Å². The molecule has 0 amide bonds. The van der Waals surface area contributed by atoms with Gasteiger partial charge in [-0.05, 0) is 48.6 Å². The fourth-order valence-corrected chi connectivity index (χ4v) is 2.62. The zero-order valence-corrected chi connectivity index (χ0v) is 10.4. The van der Waals surface area contributed by atoms with Crippen LogP contribution in [0, 0.1) is 11.8 Å². The Bertz CT molecular complexity index is 360. The smallest absolute Gasteiger partial charge is 0.0228 e. The van der Waals surface area contributed by atoms with Gasteiger partial charge in [-0.3, -0.25) is 0 Å². The molecule has 0 bridgehead atoms. The van der Waals surface area contributed by atoms with Gasteiger partial charge < -0.3 is 0 Å². The molecule has 0 radical (unpaired) electrons. The predicted molar refractivity (Wildman–Crippen MR) is 71.4 cm³/mol. The van der Waals surface area contributed by atoms with Crippen molar-refractivity contribution in [3.63, 3.8) is 0 Å². The number of rotatable bonds is 2. The quantitative estimate of drug-likeness (QED) is 0.669. The molecular formula is C16H22. The normalized spacial score (nSPS) is 22.3. The Labute approximate surface area is 99.4 Å². The second kappa shape index (κ2) is 5.34. The zero-order valence-electron chi connectivity index (χ0n) is 10.4. The highest BCUT2D eigenvalue weighted by Crippen LogP contribution is 2.25. The maximum atomic E-state index is 2.43. The maximum absolute atomic E-state index is 2.43. The summed E-state index contributed by atoms with van der Waals surface area (Å²) in [6.45, 7) is 4.64. The SMILES string of the molecule is CC(C)CC1/C=C\c2ccccc2CCC1. The van der Waals surface area contributed by atoms with E-state index in [-0.39, 0.29) is 0 Å². The highest BCUT2D eigenvalue weighted by molar-refractivity contribution is 5.54. The number of allylic oxidation sites excluding steroid dienone is 1. The highest BCUT2D eigenvalue weighted by atomic mass is 14.2. The summed E-state index contributed by atoms with van der Waals surface area (Å²) in [6, 6.07) is 8.80. The van der Waals surface area contributed by atoms with Gasteiger partial charge in [-0.2, -0.15) is 0 Å². The van der Waals surface area contributed by atoms with Crippen LogP contribution in [-0.2, 0) is 6.42 Å². The Morgan fingerprint density at radius 2 is 2.06 bits per heavy atom. The van der Waals surface area contributed by atoms with Crippen LogP contribution < -0.4 is 0 Å². The minimum Gasteiger partial charge on any atom is -0.0808 e. The molecule has 0 aliphatic heterocycles. The molecule has 1 aliphatic carbocycles. The van der Waals surface area contributed by atoms with E-state index in [0.717, 1.165) is 11.8 Å². The lowest BCUT2D eigenvalue weighted by Gasteiger charge is -2.18. The number of benzene rings is 1. The van der Waals surface area contributed by atoms with Crippen LogP contribution in [0.25, 0.3) is 6.08 Å². The van der Waals surface area contributed by atoms with Crippen LogP contribution in [0.2, 0.25) is 0 Å². The molecule has 0 saturated carbocycles. The first-order chi connectivity index (χ1) is 7.75. The first-order valence-corrected chi connectivity index (χ1v) is 6.52. The topological polar surface area (TPSA) is 0 Å². The summed E-state index contributed by atoms with van der Waals surface area (Å²) in [4.78, 5) is 0. The van der Waals surface area contributed by atoms with E-state index in [9.17, 15) is 0 Å². The minimum atomic E-state index is 0.786. The van der Waals surface area contributed by atoms with E-state index in [1.165, 1.54) is 36.8 Å². The zero-order chi connectivity index (χ0) is 11.4. The molecule has 1 unspecified atom stereocenters. The van der Waals surface area contributed by atoms with Gasteiger partial charge in [-0.15, -0.1) is 0 Å². The number of hydrogen-bond donors (Lipinski definition) is 0. The molecular weight excluding hydrogens is 192 g/mol. The Morgan fingerprint density at radius 1 is 1.25 bits per heavy atom. The van der Waals surface area contributed by atoms with Crippen LogP contribution in [0.15, 0.2) is 30.3 Å². The molecule has 0 fully saturated rings. The first kappa shape index (κ1) is 11.4. The Morgan fingerprint density at radius 3 is 2.88 bits per heavy atom. The first-order valence-electron chi connectivity index (χ1n) is 6.52. The molecule has 0 heteroatoms. The van der Waals surface area contributed by atoms with Crippen molar-refractivity contribution in [2.75, 3.05) is 0 Å². The minimum absolute atomic E-state index is 0.786. The van der Waals surface area contributed by atoms with Crippen molar-refractivity contribution in [3.05, 3.63) is 41.5 Å².